The number of methoxy groups -OCH3 is 3. The molecule has 4 N–H and O–H groups in total. The largest absolute Gasteiger partial charge is 0.496 e. The van der Waals surface area contributed by atoms with Crippen molar-refractivity contribution in [3.8, 4) is 22.6 Å². The third-order valence-corrected chi connectivity index (χ3v) is 7.18. The number of carbonyl (C=O) groups excluding carboxylic acids is 4. The van der Waals surface area contributed by atoms with Crippen LogP contribution < -0.4 is 25.4 Å². The molecule has 0 fully saturated rings. The smallest absolute Gasteiger partial charge is 0.408 e. The molecule has 3 aromatic carbocycles. The first-order valence-corrected chi connectivity index (χ1v) is 13.9. The van der Waals surface area contributed by atoms with Gasteiger partial charge in [0.25, 0.3) is 0 Å². The lowest BCUT2D eigenvalue weighted by Crippen LogP contribution is -2.57. The number of carbonyl (C=O) groups is 4. The van der Waals surface area contributed by atoms with Crippen LogP contribution in [0.1, 0.15) is 16.7 Å². The number of esters is 1. The summed E-state index contributed by atoms with van der Waals surface area (Å²) in [5.74, 6) is -1.38. The van der Waals surface area contributed by atoms with Crippen LogP contribution in [-0.2, 0) is 43.3 Å². The molecule has 3 amide bonds. The Balaban J connectivity index is 1.75. The van der Waals surface area contributed by atoms with E-state index < -0.39 is 48.6 Å². The van der Waals surface area contributed by atoms with Gasteiger partial charge in [-0.1, -0.05) is 42.5 Å². The summed E-state index contributed by atoms with van der Waals surface area (Å²) < 4.78 is 21.3. The van der Waals surface area contributed by atoms with Gasteiger partial charge >= 0.3 is 12.1 Å². The van der Waals surface area contributed by atoms with Crippen molar-refractivity contribution in [3.05, 3.63) is 83.4 Å². The molecule has 0 radical (unpaired) electrons. The minimum atomic E-state index is -1.45. The molecule has 4 bridgehead atoms. The number of alkyl carbamates (subject to hydrolysis) is 1. The lowest BCUT2D eigenvalue weighted by molar-refractivity contribution is -0.145. The van der Waals surface area contributed by atoms with Gasteiger partial charge in [0.05, 0.1) is 27.9 Å². The van der Waals surface area contributed by atoms with Gasteiger partial charge in [0.2, 0.25) is 11.8 Å². The zero-order chi connectivity index (χ0) is 31.6. The van der Waals surface area contributed by atoms with Crippen molar-refractivity contribution in [2.75, 3.05) is 27.9 Å². The van der Waals surface area contributed by atoms with Crippen molar-refractivity contribution >= 4 is 23.9 Å². The van der Waals surface area contributed by atoms with Gasteiger partial charge in [0.1, 0.15) is 36.2 Å². The average molecular weight is 606 g/mol. The van der Waals surface area contributed by atoms with Crippen LogP contribution in [0.25, 0.3) is 11.1 Å². The summed E-state index contributed by atoms with van der Waals surface area (Å²) in [6, 6.07) is 16.0. The summed E-state index contributed by atoms with van der Waals surface area (Å²) in [7, 11) is 4.17. The Kier molecular flexibility index (Phi) is 10.8. The number of hydrogen-bond acceptors (Lipinski definition) is 9. The van der Waals surface area contributed by atoms with Gasteiger partial charge in [-0.25, -0.2) is 9.59 Å². The zero-order valence-corrected chi connectivity index (χ0v) is 24.6. The second-order valence-corrected chi connectivity index (χ2v) is 10.0. The van der Waals surface area contributed by atoms with Crippen LogP contribution in [0.2, 0.25) is 0 Å². The topological polar surface area (TPSA) is 162 Å². The van der Waals surface area contributed by atoms with Crippen LogP contribution in [0.15, 0.2) is 66.7 Å². The van der Waals surface area contributed by atoms with Crippen LogP contribution in [0, 0.1) is 0 Å². The zero-order valence-electron chi connectivity index (χ0n) is 24.6. The predicted molar refractivity (Wildman–Crippen MR) is 159 cm³/mol. The Bertz CT molecular complexity index is 1500. The van der Waals surface area contributed by atoms with E-state index in [2.05, 4.69) is 16.0 Å². The van der Waals surface area contributed by atoms with Crippen molar-refractivity contribution in [3.63, 3.8) is 0 Å². The minimum Gasteiger partial charge on any atom is -0.496 e. The third kappa shape index (κ3) is 7.84. The maximum atomic E-state index is 13.6. The summed E-state index contributed by atoms with van der Waals surface area (Å²) in [5.41, 5.74) is 3.47. The molecule has 0 saturated carbocycles. The van der Waals surface area contributed by atoms with Crippen molar-refractivity contribution < 1.29 is 43.2 Å². The third-order valence-electron chi connectivity index (χ3n) is 7.18. The van der Waals surface area contributed by atoms with E-state index in [1.165, 1.54) is 21.3 Å². The van der Waals surface area contributed by atoms with Gasteiger partial charge in [0, 0.05) is 12.8 Å². The van der Waals surface area contributed by atoms with Crippen LogP contribution >= 0.6 is 0 Å². The lowest BCUT2D eigenvalue weighted by atomic mass is 9.95. The van der Waals surface area contributed by atoms with E-state index in [1.807, 2.05) is 30.3 Å². The fraction of sp³-hybridized carbons (Fsp3) is 0.312. The average Bonchev–Trinajstić information content (AvgIpc) is 3.05. The summed E-state index contributed by atoms with van der Waals surface area (Å²) in [5, 5.41) is 17.7. The highest BCUT2D eigenvalue weighted by Gasteiger charge is 2.31. The quantitative estimate of drug-likeness (QED) is 0.295. The number of ether oxygens (including phenoxy) is 4. The molecule has 1 heterocycles. The predicted octanol–water partition coefficient (Wildman–Crippen LogP) is 1.90. The normalized spacial score (nSPS) is 18.4. The van der Waals surface area contributed by atoms with Gasteiger partial charge in [-0.3, -0.25) is 9.59 Å². The van der Waals surface area contributed by atoms with Crippen LogP contribution in [0.5, 0.6) is 11.5 Å². The molecule has 0 unspecified atom stereocenters. The number of aliphatic hydroxyl groups excluding tert-OH is 1. The van der Waals surface area contributed by atoms with Crippen LogP contribution in [0.4, 0.5) is 4.79 Å². The highest BCUT2D eigenvalue weighted by atomic mass is 16.5. The van der Waals surface area contributed by atoms with Crippen molar-refractivity contribution in [1.29, 1.82) is 0 Å². The summed E-state index contributed by atoms with van der Waals surface area (Å²) >= 11 is 0. The molecule has 0 aromatic heterocycles. The fourth-order valence-corrected chi connectivity index (χ4v) is 4.87. The number of aliphatic hydroxyl groups is 1. The lowest BCUT2D eigenvalue weighted by Gasteiger charge is -2.24. The molecular weight excluding hydrogens is 570 g/mol. The van der Waals surface area contributed by atoms with Gasteiger partial charge in [-0.15, -0.1) is 0 Å². The van der Waals surface area contributed by atoms with Crippen molar-refractivity contribution in [1.82, 2.24) is 16.0 Å². The molecular formula is C32H35N3O9. The maximum Gasteiger partial charge on any atom is 0.408 e. The van der Waals surface area contributed by atoms with E-state index >= 15 is 0 Å². The van der Waals surface area contributed by atoms with E-state index in [4.69, 9.17) is 18.9 Å². The highest BCUT2D eigenvalue weighted by molar-refractivity contribution is 5.93. The number of rotatable bonds is 7. The molecule has 4 rings (SSSR count). The molecule has 3 atom stereocenters. The summed E-state index contributed by atoms with van der Waals surface area (Å²) in [4.78, 5) is 52.3. The maximum absolute atomic E-state index is 13.6. The molecule has 0 saturated heterocycles. The second-order valence-electron chi connectivity index (χ2n) is 10.0. The molecule has 44 heavy (non-hydrogen) atoms. The van der Waals surface area contributed by atoms with Crippen molar-refractivity contribution in [2.45, 2.75) is 37.6 Å². The molecule has 12 nitrogen and oxygen atoms in total. The minimum absolute atomic E-state index is 0.00195. The number of benzene rings is 3. The van der Waals surface area contributed by atoms with Gasteiger partial charge in [0.15, 0.2) is 0 Å². The van der Waals surface area contributed by atoms with Gasteiger partial charge in [-0.05, 0) is 52.1 Å². The van der Waals surface area contributed by atoms with E-state index in [-0.39, 0.29) is 19.4 Å². The van der Waals surface area contributed by atoms with Crippen molar-refractivity contribution in [2.24, 2.45) is 0 Å². The first-order chi connectivity index (χ1) is 21.3. The Morgan fingerprint density at radius 3 is 2.02 bits per heavy atom. The number of amides is 3. The molecule has 1 aliphatic heterocycles. The summed E-state index contributed by atoms with van der Waals surface area (Å²) in [6.45, 7) is -0.815. The Hall–Kier alpha value is -5.10. The standard InChI is InChI=1S/C32H35N3O9/c1-41-27-11-9-20-13-22(27)15-24(35-32(40)44-18-19-7-5-4-6-8-19)29(37)34-26(17-36)30(38)33-25(31(39)43-3)16-23-14-21(20)10-12-28(23)42-2/h4-14,24-26,36H,15-18H2,1-3H3,(H,33,38)(H,34,37)(H,35,40)/t24-,25-,26-/m0/s1. The Labute approximate surface area is 254 Å². The van der Waals surface area contributed by atoms with Crippen LogP contribution in [-0.4, -0.2) is 75.0 Å². The number of nitrogens with one attached hydrogen (secondary N) is 3. The fourth-order valence-electron chi connectivity index (χ4n) is 4.87. The molecule has 0 spiro atoms. The monoisotopic (exact) mass is 605 g/mol. The molecule has 0 aliphatic carbocycles. The highest BCUT2D eigenvalue weighted by Crippen LogP contribution is 2.32. The first kappa shape index (κ1) is 31.8. The Morgan fingerprint density at radius 2 is 1.45 bits per heavy atom. The van der Waals surface area contributed by atoms with Gasteiger partial charge < -0.3 is 40.0 Å². The molecule has 12 heteroatoms. The molecule has 232 valence electrons. The van der Waals surface area contributed by atoms with E-state index in [9.17, 15) is 24.3 Å². The number of hydrogen-bond donors (Lipinski definition) is 4. The molecule has 3 aromatic rings. The van der Waals surface area contributed by atoms with E-state index in [0.717, 1.165) is 16.7 Å². The van der Waals surface area contributed by atoms with E-state index in [0.29, 0.717) is 22.6 Å². The first-order valence-electron chi connectivity index (χ1n) is 13.9. The summed E-state index contributed by atoms with van der Waals surface area (Å²) in [6.07, 6.45) is -0.906. The van der Waals surface area contributed by atoms with Crippen LogP contribution in [0.3, 0.4) is 0 Å². The SMILES string of the molecule is COC(=O)[C@@H]1Cc2cc(ccc2OC)-c2ccc(OC)c(c2)C[C@H](NC(=O)OCc2ccccc2)C(=O)N[C@@H](CO)C(=O)N1. The second kappa shape index (κ2) is 14.9. The molecule has 1 aliphatic rings. The van der Waals surface area contributed by atoms with Gasteiger partial charge in [-0.2, -0.15) is 0 Å². The number of fused-ring (bicyclic) bond motifs is 5. The van der Waals surface area contributed by atoms with E-state index in [1.54, 1.807) is 36.4 Å². The Morgan fingerprint density at radius 1 is 0.841 bits per heavy atom.